The molecule has 1 aliphatic rings. The highest BCUT2D eigenvalue weighted by atomic mass is 14.3. The standard InChI is InChI=1S/C20H27N/c1-2-4-17-6-10-19(11-7-17)14-15-20-12-8-18(9-13-20)5-3-16-21/h3,5-7,10-11,18,20H,2,4,8-9,12-15H2,1H3/b5-3+/t18-,20-. The van der Waals surface area contributed by atoms with Crippen molar-refractivity contribution in [1.82, 2.24) is 0 Å². The highest BCUT2D eigenvalue weighted by molar-refractivity contribution is 5.22. The van der Waals surface area contributed by atoms with Crippen LogP contribution in [0.5, 0.6) is 0 Å². The van der Waals surface area contributed by atoms with Crippen molar-refractivity contribution in [1.29, 1.82) is 5.26 Å². The molecule has 0 aliphatic heterocycles. The summed E-state index contributed by atoms with van der Waals surface area (Å²) in [5.41, 5.74) is 2.95. The first-order valence-electron chi connectivity index (χ1n) is 8.46. The molecule has 0 bridgehead atoms. The van der Waals surface area contributed by atoms with E-state index in [1.165, 1.54) is 62.5 Å². The Morgan fingerprint density at radius 3 is 2.24 bits per heavy atom. The minimum atomic E-state index is 0.647. The van der Waals surface area contributed by atoms with Gasteiger partial charge in [0, 0.05) is 6.08 Å². The van der Waals surface area contributed by atoms with Crippen molar-refractivity contribution in [2.24, 2.45) is 11.8 Å². The number of nitriles is 1. The van der Waals surface area contributed by atoms with E-state index in [2.05, 4.69) is 43.3 Å². The molecule has 0 radical (unpaired) electrons. The van der Waals surface area contributed by atoms with Gasteiger partial charge in [0.2, 0.25) is 0 Å². The van der Waals surface area contributed by atoms with Crippen LogP contribution in [-0.2, 0) is 12.8 Å². The summed E-state index contributed by atoms with van der Waals surface area (Å²) in [6.45, 7) is 2.23. The van der Waals surface area contributed by atoms with Crippen LogP contribution in [0.15, 0.2) is 36.4 Å². The van der Waals surface area contributed by atoms with Crippen molar-refractivity contribution in [3.05, 3.63) is 47.5 Å². The van der Waals surface area contributed by atoms with E-state index in [0.717, 1.165) is 5.92 Å². The Morgan fingerprint density at radius 1 is 1.05 bits per heavy atom. The molecule has 1 saturated carbocycles. The van der Waals surface area contributed by atoms with Gasteiger partial charge in [0.25, 0.3) is 0 Å². The highest BCUT2D eigenvalue weighted by Crippen LogP contribution is 2.32. The maximum atomic E-state index is 8.58. The van der Waals surface area contributed by atoms with E-state index in [9.17, 15) is 0 Å². The fraction of sp³-hybridized carbons (Fsp3) is 0.550. The third kappa shape index (κ3) is 5.38. The molecule has 1 heteroatoms. The van der Waals surface area contributed by atoms with E-state index in [4.69, 9.17) is 5.26 Å². The van der Waals surface area contributed by atoms with Gasteiger partial charge in [-0.05, 0) is 67.9 Å². The average Bonchev–Trinajstić information content (AvgIpc) is 2.53. The summed E-state index contributed by atoms with van der Waals surface area (Å²) in [4.78, 5) is 0. The second-order valence-electron chi connectivity index (χ2n) is 6.37. The van der Waals surface area contributed by atoms with Gasteiger partial charge in [0.1, 0.15) is 0 Å². The molecule has 21 heavy (non-hydrogen) atoms. The number of rotatable bonds is 6. The Labute approximate surface area is 129 Å². The second kappa shape index (κ2) is 8.67. The van der Waals surface area contributed by atoms with Gasteiger partial charge in [-0.3, -0.25) is 0 Å². The number of hydrogen-bond acceptors (Lipinski definition) is 1. The quantitative estimate of drug-likeness (QED) is 0.635. The smallest absolute Gasteiger partial charge is 0.0908 e. The molecule has 0 unspecified atom stereocenters. The SMILES string of the molecule is CCCc1ccc(CC[C@H]2CC[C@H](/C=C/C#N)CC2)cc1. The van der Waals surface area contributed by atoms with E-state index in [0.29, 0.717) is 5.92 Å². The van der Waals surface area contributed by atoms with Gasteiger partial charge in [0.05, 0.1) is 6.07 Å². The van der Waals surface area contributed by atoms with Crippen LogP contribution in [0.25, 0.3) is 0 Å². The van der Waals surface area contributed by atoms with Gasteiger partial charge >= 0.3 is 0 Å². The zero-order valence-electron chi connectivity index (χ0n) is 13.2. The summed E-state index contributed by atoms with van der Waals surface area (Å²) >= 11 is 0. The molecule has 1 nitrogen and oxygen atoms in total. The minimum Gasteiger partial charge on any atom is -0.193 e. The van der Waals surface area contributed by atoms with Crippen LogP contribution in [0.3, 0.4) is 0 Å². The molecule has 1 aromatic carbocycles. The zero-order chi connectivity index (χ0) is 14.9. The Kier molecular flexibility index (Phi) is 6.54. The average molecular weight is 281 g/mol. The van der Waals surface area contributed by atoms with E-state index in [-0.39, 0.29) is 0 Å². The molecule has 1 aromatic rings. The monoisotopic (exact) mass is 281 g/mol. The van der Waals surface area contributed by atoms with Crippen LogP contribution >= 0.6 is 0 Å². The fourth-order valence-electron chi connectivity index (χ4n) is 3.38. The van der Waals surface area contributed by atoms with Gasteiger partial charge < -0.3 is 0 Å². The lowest BCUT2D eigenvalue weighted by molar-refractivity contribution is 0.296. The molecule has 1 aliphatic carbocycles. The van der Waals surface area contributed by atoms with Crippen LogP contribution in [-0.4, -0.2) is 0 Å². The van der Waals surface area contributed by atoms with E-state index < -0.39 is 0 Å². The second-order valence-corrected chi connectivity index (χ2v) is 6.37. The van der Waals surface area contributed by atoms with Crippen LogP contribution in [0.4, 0.5) is 0 Å². The first-order chi connectivity index (χ1) is 10.3. The molecule has 0 heterocycles. The topological polar surface area (TPSA) is 23.8 Å². The molecule has 1 fully saturated rings. The van der Waals surface area contributed by atoms with E-state index >= 15 is 0 Å². The summed E-state index contributed by atoms with van der Waals surface area (Å²) in [7, 11) is 0. The van der Waals surface area contributed by atoms with Crippen molar-refractivity contribution in [3.63, 3.8) is 0 Å². The molecule has 112 valence electrons. The Hall–Kier alpha value is -1.55. The number of aryl methyl sites for hydroxylation is 2. The molecule has 0 saturated heterocycles. The Balaban J connectivity index is 1.72. The molecule has 0 atom stereocenters. The Morgan fingerprint density at radius 2 is 1.67 bits per heavy atom. The van der Waals surface area contributed by atoms with Gasteiger partial charge in [-0.25, -0.2) is 0 Å². The maximum absolute atomic E-state index is 8.58. The predicted molar refractivity (Wildman–Crippen MR) is 89.0 cm³/mol. The normalized spacial score (nSPS) is 22.3. The summed E-state index contributed by atoms with van der Waals surface area (Å²) in [5, 5.41) is 8.58. The third-order valence-electron chi connectivity index (χ3n) is 4.74. The van der Waals surface area contributed by atoms with Crippen LogP contribution in [0.2, 0.25) is 0 Å². The van der Waals surface area contributed by atoms with Gasteiger partial charge in [-0.2, -0.15) is 5.26 Å². The number of hydrogen-bond donors (Lipinski definition) is 0. The lowest BCUT2D eigenvalue weighted by Crippen LogP contribution is -2.13. The summed E-state index contributed by atoms with van der Waals surface area (Å²) in [6.07, 6.45) is 13.9. The number of nitrogens with zero attached hydrogens (tertiary/aromatic N) is 1. The molecule has 0 aromatic heterocycles. The number of allylic oxidation sites excluding steroid dienone is 2. The lowest BCUT2D eigenvalue weighted by Gasteiger charge is -2.26. The van der Waals surface area contributed by atoms with Crippen LogP contribution in [0.1, 0.15) is 56.6 Å². The molecule has 0 N–H and O–H groups in total. The maximum Gasteiger partial charge on any atom is 0.0908 e. The molecule has 0 spiro atoms. The molecule has 0 amide bonds. The van der Waals surface area contributed by atoms with Crippen molar-refractivity contribution in [2.75, 3.05) is 0 Å². The molecule has 2 rings (SSSR count). The summed E-state index contributed by atoms with van der Waals surface area (Å²) < 4.78 is 0. The summed E-state index contributed by atoms with van der Waals surface area (Å²) in [6, 6.07) is 11.3. The fourth-order valence-corrected chi connectivity index (χ4v) is 3.38. The lowest BCUT2D eigenvalue weighted by atomic mass is 9.79. The highest BCUT2D eigenvalue weighted by Gasteiger charge is 2.19. The van der Waals surface area contributed by atoms with Crippen molar-refractivity contribution in [2.45, 2.75) is 58.3 Å². The van der Waals surface area contributed by atoms with Gasteiger partial charge in [0.15, 0.2) is 0 Å². The largest absolute Gasteiger partial charge is 0.193 e. The van der Waals surface area contributed by atoms with E-state index in [1.807, 2.05) is 0 Å². The van der Waals surface area contributed by atoms with Gasteiger partial charge in [-0.15, -0.1) is 0 Å². The summed E-state index contributed by atoms with van der Waals surface area (Å²) in [5.74, 6) is 1.53. The predicted octanol–water partition coefficient (Wildman–Crippen LogP) is 5.46. The van der Waals surface area contributed by atoms with E-state index in [1.54, 1.807) is 6.08 Å². The van der Waals surface area contributed by atoms with Crippen molar-refractivity contribution < 1.29 is 0 Å². The van der Waals surface area contributed by atoms with Crippen molar-refractivity contribution >= 4 is 0 Å². The molecular formula is C20H27N. The Bertz CT molecular complexity index is 470. The third-order valence-corrected chi connectivity index (χ3v) is 4.74. The van der Waals surface area contributed by atoms with Crippen LogP contribution in [0, 0.1) is 23.2 Å². The first kappa shape index (κ1) is 15.8. The minimum absolute atomic E-state index is 0.647. The van der Waals surface area contributed by atoms with Crippen molar-refractivity contribution in [3.8, 4) is 6.07 Å². The number of benzene rings is 1. The van der Waals surface area contributed by atoms with Crippen LogP contribution < -0.4 is 0 Å². The first-order valence-corrected chi connectivity index (χ1v) is 8.46. The molecular weight excluding hydrogens is 254 g/mol. The zero-order valence-corrected chi connectivity index (χ0v) is 13.2. The van der Waals surface area contributed by atoms with Gasteiger partial charge in [-0.1, -0.05) is 43.7 Å².